The SMILES string of the molecule is CCOC(=O)CCCNC(=O)c1cccc(-n2cnnn2)c1. The zero-order chi connectivity index (χ0) is 15.8. The van der Waals surface area contributed by atoms with Crippen LogP contribution in [0.1, 0.15) is 30.1 Å². The second-order valence-electron chi connectivity index (χ2n) is 4.47. The van der Waals surface area contributed by atoms with Crippen LogP contribution < -0.4 is 5.32 Å². The van der Waals surface area contributed by atoms with Gasteiger partial charge < -0.3 is 10.1 Å². The average molecular weight is 303 g/mol. The topological polar surface area (TPSA) is 99.0 Å². The third-order valence-corrected chi connectivity index (χ3v) is 2.87. The zero-order valence-electron chi connectivity index (χ0n) is 12.2. The maximum atomic E-state index is 12.0. The molecule has 0 radical (unpaired) electrons. The molecule has 2 aromatic rings. The number of aromatic nitrogens is 4. The molecule has 0 aliphatic carbocycles. The van der Waals surface area contributed by atoms with E-state index >= 15 is 0 Å². The summed E-state index contributed by atoms with van der Waals surface area (Å²) in [6.07, 6.45) is 2.28. The van der Waals surface area contributed by atoms with Gasteiger partial charge in [-0.25, -0.2) is 4.68 Å². The van der Waals surface area contributed by atoms with E-state index in [-0.39, 0.29) is 11.9 Å². The van der Waals surface area contributed by atoms with Gasteiger partial charge in [-0.15, -0.1) is 5.10 Å². The van der Waals surface area contributed by atoms with Crippen LogP contribution in [0, 0.1) is 0 Å². The van der Waals surface area contributed by atoms with Gasteiger partial charge in [0.05, 0.1) is 12.3 Å². The van der Waals surface area contributed by atoms with Gasteiger partial charge in [-0.2, -0.15) is 0 Å². The lowest BCUT2D eigenvalue weighted by molar-refractivity contribution is -0.143. The molecule has 0 saturated heterocycles. The van der Waals surface area contributed by atoms with Crippen molar-refractivity contribution in [3.05, 3.63) is 36.2 Å². The molecule has 0 aliphatic rings. The predicted octanol–water partition coefficient (Wildman–Crippen LogP) is 0.735. The Balaban J connectivity index is 1.85. The molecule has 0 spiro atoms. The highest BCUT2D eigenvalue weighted by Gasteiger charge is 2.08. The molecule has 1 amide bonds. The zero-order valence-corrected chi connectivity index (χ0v) is 12.2. The molecule has 0 bridgehead atoms. The van der Waals surface area contributed by atoms with Gasteiger partial charge in [0.2, 0.25) is 0 Å². The van der Waals surface area contributed by atoms with Crippen LogP contribution in [0.3, 0.4) is 0 Å². The van der Waals surface area contributed by atoms with Gasteiger partial charge in [-0.3, -0.25) is 9.59 Å². The highest BCUT2D eigenvalue weighted by molar-refractivity contribution is 5.94. The quantitative estimate of drug-likeness (QED) is 0.598. The summed E-state index contributed by atoms with van der Waals surface area (Å²) in [5.41, 5.74) is 1.20. The van der Waals surface area contributed by atoms with E-state index in [4.69, 9.17) is 4.74 Å². The number of hydrogen-bond acceptors (Lipinski definition) is 6. The van der Waals surface area contributed by atoms with Crippen LogP contribution in [0.4, 0.5) is 0 Å². The molecule has 8 heteroatoms. The number of nitrogens with one attached hydrogen (secondary N) is 1. The molecule has 0 fully saturated rings. The molecule has 0 atom stereocenters. The van der Waals surface area contributed by atoms with E-state index in [1.165, 1.54) is 11.0 Å². The summed E-state index contributed by atoms with van der Waals surface area (Å²) in [5, 5.41) is 13.6. The summed E-state index contributed by atoms with van der Waals surface area (Å²) in [6, 6.07) is 6.95. The second kappa shape index (κ2) is 7.87. The normalized spacial score (nSPS) is 10.2. The molecule has 116 valence electrons. The Labute approximate surface area is 127 Å². The minimum absolute atomic E-state index is 0.209. The van der Waals surface area contributed by atoms with E-state index in [0.29, 0.717) is 37.2 Å². The monoisotopic (exact) mass is 303 g/mol. The average Bonchev–Trinajstić information content (AvgIpc) is 3.06. The minimum atomic E-state index is -0.252. The number of hydrogen-bond donors (Lipinski definition) is 1. The third-order valence-electron chi connectivity index (χ3n) is 2.87. The summed E-state index contributed by atoms with van der Waals surface area (Å²) in [5.74, 6) is -0.462. The Bertz CT molecular complexity index is 627. The fourth-order valence-corrected chi connectivity index (χ4v) is 1.84. The van der Waals surface area contributed by atoms with E-state index in [9.17, 15) is 9.59 Å². The van der Waals surface area contributed by atoms with Crippen molar-refractivity contribution in [2.24, 2.45) is 0 Å². The first-order valence-corrected chi connectivity index (χ1v) is 6.98. The first-order valence-electron chi connectivity index (χ1n) is 6.98. The van der Waals surface area contributed by atoms with Gasteiger partial charge in [-0.1, -0.05) is 6.07 Å². The number of esters is 1. The highest BCUT2D eigenvalue weighted by Crippen LogP contribution is 2.08. The molecule has 1 aromatic carbocycles. The van der Waals surface area contributed by atoms with Gasteiger partial charge in [0, 0.05) is 18.5 Å². The number of amides is 1. The number of benzene rings is 1. The van der Waals surface area contributed by atoms with Gasteiger partial charge in [0.1, 0.15) is 6.33 Å². The predicted molar refractivity (Wildman–Crippen MR) is 77.4 cm³/mol. The highest BCUT2D eigenvalue weighted by atomic mass is 16.5. The molecule has 1 heterocycles. The molecule has 2 rings (SSSR count). The summed E-state index contributed by atoms with van der Waals surface area (Å²) in [4.78, 5) is 23.2. The van der Waals surface area contributed by atoms with Crippen LogP contribution in [0.2, 0.25) is 0 Å². The van der Waals surface area contributed by atoms with Gasteiger partial charge in [-0.05, 0) is 42.0 Å². The lowest BCUT2D eigenvalue weighted by Gasteiger charge is -2.06. The van der Waals surface area contributed by atoms with Gasteiger partial charge in [0.15, 0.2) is 0 Å². The van der Waals surface area contributed by atoms with Crippen LogP contribution >= 0.6 is 0 Å². The van der Waals surface area contributed by atoms with E-state index in [1.54, 1.807) is 31.2 Å². The second-order valence-corrected chi connectivity index (χ2v) is 4.47. The number of nitrogens with zero attached hydrogens (tertiary/aromatic N) is 4. The lowest BCUT2D eigenvalue weighted by Crippen LogP contribution is -2.25. The number of tetrazole rings is 1. The van der Waals surface area contributed by atoms with Crippen LogP contribution in [-0.2, 0) is 9.53 Å². The van der Waals surface area contributed by atoms with Crippen molar-refractivity contribution in [1.82, 2.24) is 25.5 Å². The van der Waals surface area contributed by atoms with Crippen molar-refractivity contribution in [3.8, 4) is 5.69 Å². The number of ether oxygens (including phenoxy) is 1. The molecular formula is C14H17N5O3. The van der Waals surface area contributed by atoms with Gasteiger partial charge >= 0.3 is 5.97 Å². The van der Waals surface area contributed by atoms with E-state index < -0.39 is 0 Å². The van der Waals surface area contributed by atoms with Crippen molar-refractivity contribution in [2.75, 3.05) is 13.2 Å². The maximum Gasteiger partial charge on any atom is 0.305 e. The number of rotatable bonds is 7. The molecule has 22 heavy (non-hydrogen) atoms. The smallest absolute Gasteiger partial charge is 0.305 e. The fraction of sp³-hybridized carbons (Fsp3) is 0.357. The third kappa shape index (κ3) is 4.37. The number of carbonyl (C=O) groups excluding carboxylic acids is 2. The Kier molecular flexibility index (Phi) is 5.58. The van der Waals surface area contributed by atoms with Crippen molar-refractivity contribution in [3.63, 3.8) is 0 Å². The van der Waals surface area contributed by atoms with Crippen LogP contribution in [0.15, 0.2) is 30.6 Å². The number of carbonyl (C=O) groups is 2. The largest absolute Gasteiger partial charge is 0.466 e. The summed E-state index contributed by atoms with van der Waals surface area (Å²) in [6.45, 7) is 2.54. The molecule has 0 saturated carbocycles. The molecule has 1 aromatic heterocycles. The standard InChI is InChI=1S/C14H17N5O3/c1-2-22-13(20)7-4-8-15-14(21)11-5-3-6-12(9-11)19-10-16-17-18-19/h3,5-6,9-10H,2,4,7-8H2,1H3,(H,15,21). The summed E-state index contributed by atoms with van der Waals surface area (Å²) < 4.78 is 6.29. The first-order chi connectivity index (χ1) is 10.7. The van der Waals surface area contributed by atoms with Crippen LogP contribution in [0.25, 0.3) is 5.69 Å². The molecule has 8 nitrogen and oxygen atoms in total. The minimum Gasteiger partial charge on any atom is -0.466 e. The maximum absolute atomic E-state index is 12.0. The van der Waals surface area contributed by atoms with Gasteiger partial charge in [0.25, 0.3) is 5.91 Å². The van der Waals surface area contributed by atoms with E-state index in [1.807, 2.05) is 0 Å². The summed E-state index contributed by atoms with van der Waals surface area (Å²) in [7, 11) is 0. The van der Waals surface area contributed by atoms with E-state index in [0.717, 1.165) is 0 Å². The fourth-order valence-electron chi connectivity index (χ4n) is 1.84. The van der Waals surface area contributed by atoms with E-state index in [2.05, 4.69) is 20.8 Å². The van der Waals surface area contributed by atoms with Crippen molar-refractivity contribution < 1.29 is 14.3 Å². The van der Waals surface area contributed by atoms with Crippen LogP contribution in [-0.4, -0.2) is 45.2 Å². The van der Waals surface area contributed by atoms with Crippen LogP contribution in [0.5, 0.6) is 0 Å². The Morgan fingerprint density at radius 3 is 2.95 bits per heavy atom. The lowest BCUT2D eigenvalue weighted by atomic mass is 10.2. The molecular weight excluding hydrogens is 286 g/mol. The van der Waals surface area contributed by atoms with Crippen molar-refractivity contribution in [2.45, 2.75) is 19.8 Å². The molecule has 0 unspecified atom stereocenters. The Hall–Kier alpha value is -2.77. The molecule has 0 aliphatic heterocycles. The van der Waals surface area contributed by atoms with Crippen molar-refractivity contribution >= 4 is 11.9 Å². The summed E-state index contributed by atoms with van der Waals surface area (Å²) >= 11 is 0. The molecule has 1 N–H and O–H groups in total. The Morgan fingerprint density at radius 1 is 1.36 bits per heavy atom. The Morgan fingerprint density at radius 2 is 2.23 bits per heavy atom. The first kappa shape index (κ1) is 15.6. The van der Waals surface area contributed by atoms with Crippen molar-refractivity contribution in [1.29, 1.82) is 0 Å².